The van der Waals surface area contributed by atoms with Crippen LogP contribution in [0.4, 0.5) is 0 Å². The van der Waals surface area contributed by atoms with Gasteiger partial charge in [0.1, 0.15) is 0 Å². The molecular formula is C8H10MgO4S4. The first-order valence-corrected chi connectivity index (χ1v) is 9.36. The third-order valence-electron chi connectivity index (χ3n) is 1.82. The fraction of sp³-hybridized carbons (Fsp3) is 0.750. The van der Waals surface area contributed by atoms with E-state index in [1.807, 2.05) is 0 Å². The predicted octanol–water partition coefficient (Wildman–Crippen LogP) is -0.601. The van der Waals surface area contributed by atoms with Crippen LogP contribution in [-0.2, 0) is 9.59 Å². The predicted molar refractivity (Wildman–Crippen MR) is 72.7 cm³/mol. The summed E-state index contributed by atoms with van der Waals surface area (Å²) in [6, 6.07) is 0. The zero-order valence-electron chi connectivity index (χ0n) is 8.96. The van der Waals surface area contributed by atoms with Gasteiger partial charge in [0.2, 0.25) is 0 Å². The summed E-state index contributed by atoms with van der Waals surface area (Å²) in [4.78, 5) is 20.1. The second-order valence-corrected chi connectivity index (χ2v) is 8.41. The maximum absolute atomic E-state index is 10.1. The van der Waals surface area contributed by atoms with Gasteiger partial charge in [0.25, 0.3) is 0 Å². The SMILES string of the molecule is O=C([O-])C1CCSS1.O=C([O-])C1CCSS1.[Mg+2]. The number of aliphatic carboxylic acids is 2. The van der Waals surface area contributed by atoms with Crippen molar-refractivity contribution in [1.29, 1.82) is 0 Å². The summed E-state index contributed by atoms with van der Waals surface area (Å²) in [5.41, 5.74) is 0. The van der Waals surface area contributed by atoms with Gasteiger partial charge in [-0.05, 0) is 12.8 Å². The molecule has 0 aliphatic carbocycles. The van der Waals surface area contributed by atoms with E-state index < -0.39 is 11.9 Å². The molecule has 0 aromatic heterocycles. The smallest absolute Gasteiger partial charge is 0.549 e. The molecule has 2 heterocycles. The Morgan fingerprint density at radius 1 is 0.882 bits per heavy atom. The van der Waals surface area contributed by atoms with Crippen molar-refractivity contribution < 1.29 is 19.8 Å². The monoisotopic (exact) mass is 322 g/mol. The molecule has 2 aliphatic rings. The van der Waals surface area contributed by atoms with E-state index >= 15 is 0 Å². The van der Waals surface area contributed by atoms with Gasteiger partial charge in [0, 0.05) is 11.5 Å². The number of carboxylic acids is 2. The van der Waals surface area contributed by atoms with Gasteiger partial charge in [-0.15, -0.1) is 0 Å². The van der Waals surface area contributed by atoms with Crippen LogP contribution in [0.3, 0.4) is 0 Å². The van der Waals surface area contributed by atoms with Crippen LogP contribution in [0.5, 0.6) is 0 Å². The second-order valence-electron chi connectivity index (χ2n) is 3.03. The van der Waals surface area contributed by atoms with Crippen LogP contribution < -0.4 is 10.2 Å². The molecule has 2 unspecified atom stereocenters. The van der Waals surface area contributed by atoms with E-state index in [9.17, 15) is 19.8 Å². The van der Waals surface area contributed by atoms with E-state index in [4.69, 9.17) is 0 Å². The van der Waals surface area contributed by atoms with E-state index in [-0.39, 0.29) is 33.6 Å². The first-order chi connectivity index (χ1) is 7.61. The molecule has 4 nitrogen and oxygen atoms in total. The molecule has 92 valence electrons. The van der Waals surface area contributed by atoms with Crippen molar-refractivity contribution in [3.05, 3.63) is 0 Å². The van der Waals surface area contributed by atoms with Gasteiger partial charge >= 0.3 is 23.1 Å². The van der Waals surface area contributed by atoms with Crippen molar-refractivity contribution in [2.24, 2.45) is 0 Å². The van der Waals surface area contributed by atoms with Crippen LogP contribution in [0.2, 0.25) is 0 Å². The van der Waals surface area contributed by atoms with E-state index in [2.05, 4.69) is 0 Å². The van der Waals surface area contributed by atoms with Crippen LogP contribution in [0.1, 0.15) is 12.8 Å². The van der Waals surface area contributed by atoms with Crippen LogP contribution in [-0.4, -0.2) is 57.0 Å². The van der Waals surface area contributed by atoms with Gasteiger partial charge in [-0.1, -0.05) is 43.2 Å². The summed E-state index contributed by atoms with van der Waals surface area (Å²) in [6.45, 7) is 0. The van der Waals surface area contributed by atoms with Crippen molar-refractivity contribution >= 4 is 78.2 Å². The summed E-state index contributed by atoms with van der Waals surface area (Å²) >= 11 is 0. The first-order valence-electron chi connectivity index (χ1n) is 4.59. The summed E-state index contributed by atoms with van der Waals surface area (Å²) in [5.74, 6) is 0.0621. The second kappa shape index (κ2) is 9.96. The van der Waals surface area contributed by atoms with Crippen LogP contribution in [0.15, 0.2) is 0 Å². The minimum absolute atomic E-state index is 0. The minimum Gasteiger partial charge on any atom is -0.549 e. The maximum atomic E-state index is 10.1. The average Bonchev–Trinajstić information content (AvgIpc) is 2.93. The fourth-order valence-electron chi connectivity index (χ4n) is 0.981. The molecular weight excluding hydrogens is 313 g/mol. The Hall–Kier alpha value is 1.11. The van der Waals surface area contributed by atoms with Gasteiger partial charge in [-0.3, -0.25) is 0 Å². The standard InChI is InChI=1S/2C4H6O2S2.Mg/c2*5-4(6)3-1-2-7-8-3;/h2*3H,1-2H2,(H,5,6);/q;;+2/p-2. The van der Waals surface area contributed by atoms with Crippen molar-refractivity contribution in [1.82, 2.24) is 0 Å². The Morgan fingerprint density at radius 3 is 1.35 bits per heavy atom. The molecule has 2 atom stereocenters. The number of carbonyl (C=O) groups is 2. The molecule has 0 amide bonds. The molecule has 2 saturated heterocycles. The largest absolute Gasteiger partial charge is 2.00 e. The number of hydrogen-bond donors (Lipinski definition) is 0. The van der Waals surface area contributed by atoms with Gasteiger partial charge in [-0.2, -0.15) is 0 Å². The summed E-state index contributed by atoms with van der Waals surface area (Å²) in [6.07, 6.45) is 1.52. The van der Waals surface area contributed by atoms with Gasteiger partial charge < -0.3 is 19.8 Å². The molecule has 0 aromatic carbocycles. The third kappa shape index (κ3) is 7.31. The molecule has 0 N–H and O–H groups in total. The summed E-state index contributed by atoms with van der Waals surface area (Å²) in [5, 5.41) is 19.6. The molecule has 0 radical (unpaired) electrons. The molecule has 2 rings (SSSR count). The molecule has 0 spiro atoms. The molecule has 9 heteroatoms. The topological polar surface area (TPSA) is 80.3 Å². The summed E-state index contributed by atoms with van der Waals surface area (Å²) < 4.78 is 0. The Balaban J connectivity index is 0.000000284. The maximum Gasteiger partial charge on any atom is 2.00 e. The van der Waals surface area contributed by atoms with Gasteiger partial charge in [-0.25, -0.2) is 0 Å². The average molecular weight is 323 g/mol. The fourth-order valence-corrected chi connectivity index (χ4v) is 6.24. The van der Waals surface area contributed by atoms with Crippen LogP contribution in [0, 0.1) is 0 Å². The Morgan fingerprint density at radius 2 is 1.24 bits per heavy atom. The quantitative estimate of drug-likeness (QED) is 0.492. The Kier molecular flexibility index (Phi) is 10.6. The van der Waals surface area contributed by atoms with Gasteiger partial charge in [0.15, 0.2) is 0 Å². The van der Waals surface area contributed by atoms with Crippen LogP contribution in [0.25, 0.3) is 0 Å². The molecule has 2 aliphatic heterocycles. The number of rotatable bonds is 2. The Labute approximate surface area is 132 Å². The molecule has 17 heavy (non-hydrogen) atoms. The van der Waals surface area contributed by atoms with E-state index in [1.165, 1.54) is 21.6 Å². The minimum atomic E-state index is -0.917. The molecule has 0 bridgehead atoms. The number of carbonyl (C=O) groups excluding carboxylic acids is 2. The van der Waals surface area contributed by atoms with Crippen LogP contribution >= 0.6 is 43.2 Å². The molecule has 2 fully saturated rings. The normalized spacial score (nSPS) is 26.6. The van der Waals surface area contributed by atoms with Crippen molar-refractivity contribution in [3.63, 3.8) is 0 Å². The zero-order valence-corrected chi connectivity index (χ0v) is 13.6. The van der Waals surface area contributed by atoms with E-state index in [1.54, 1.807) is 21.6 Å². The van der Waals surface area contributed by atoms with Gasteiger partial charge in [0.05, 0.1) is 22.4 Å². The summed E-state index contributed by atoms with van der Waals surface area (Å²) in [7, 11) is 6.02. The van der Waals surface area contributed by atoms with Crippen molar-refractivity contribution in [2.45, 2.75) is 23.3 Å². The number of carboxylic acid groups (broad SMARTS) is 2. The van der Waals surface area contributed by atoms with Crippen molar-refractivity contribution in [3.8, 4) is 0 Å². The zero-order chi connectivity index (χ0) is 12.0. The first kappa shape index (κ1) is 18.1. The molecule has 0 saturated carbocycles. The van der Waals surface area contributed by atoms with E-state index in [0.29, 0.717) is 0 Å². The van der Waals surface area contributed by atoms with Crippen molar-refractivity contribution in [2.75, 3.05) is 11.5 Å². The third-order valence-corrected chi connectivity index (χ3v) is 7.43. The van der Waals surface area contributed by atoms with E-state index in [0.717, 1.165) is 24.3 Å². The Bertz CT molecular complexity index is 228. The number of hydrogen-bond acceptors (Lipinski definition) is 8. The molecule has 0 aromatic rings.